The zero-order valence-electron chi connectivity index (χ0n) is 24.3. The van der Waals surface area contributed by atoms with Crippen LogP contribution in [0.3, 0.4) is 0 Å². The lowest BCUT2D eigenvalue weighted by molar-refractivity contribution is 0.112. The number of nitrogens with two attached hydrogens (primary N) is 1. The molecule has 0 unspecified atom stereocenters. The van der Waals surface area contributed by atoms with Crippen LogP contribution in [0.1, 0.15) is 74.8 Å². The van der Waals surface area contributed by atoms with Crippen LogP contribution in [0.15, 0.2) is 10.6 Å². The molecule has 0 spiro atoms. The predicted octanol–water partition coefficient (Wildman–Crippen LogP) is 3.73. The maximum atomic E-state index is 9.89. The zero-order chi connectivity index (χ0) is 28.7. The van der Waals surface area contributed by atoms with Crippen LogP contribution < -0.4 is 20.7 Å². The van der Waals surface area contributed by atoms with Crippen molar-refractivity contribution in [3.05, 3.63) is 28.0 Å². The number of nitrogen functional groups attached to an aromatic ring is 1. The maximum absolute atomic E-state index is 9.89. The molecule has 0 saturated carbocycles. The van der Waals surface area contributed by atoms with Gasteiger partial charge in [-0.1, -0.05) is 5.16 Å². The Hall–Kier alpha value is -3.27. The normalized spacial score (nSPS) is 25.9. The number of nitrogens with one attached hydrogen (secondary N) is 1. The molecule has 0 amide bonds. The molecule has 3 aromatic heterocycles. The molecule has 41 heavy (non-hydrogen) atoms. The third-order valence-electron chi connectivity index (χ3n) is 9.08. The highest BCUT2D eigenvalue weighted by Crippen LogP contribution is 2.48. The first-order chi connectivity index (χ1) is 19.8. The van der Waals surface area contributed by atoms with Gasteiger partial charge in [0.25, 0.3) is 0 Å². The lowest BCUT2D eigenvalue weighted by Crippen LogP contribution is -2.38. The number of likely N-dealkylation sites (N-methyl/N-ethyl adjacent to an activating group) is 1. The molecular weight excluding hydrogens is 538 g/mol. The van der Waals surface area contributed by atoms with Crippen molar-refractivity contribution in [1.29, 1.82) is 5.26 Å². The quantitative estimate of drug-likeness (QED) is 0.442. The number of aromatic nitrogens is 4. The fraction of sp³-hybridized carbons (Fsp3) is 0.621. The van der Waals surface area contributed by atoms with E-state index < -0.39 is 5.41 Å². The number of thiophene rings is 1. The Balaban J connectivity index is 1.38. The van der Waals surface area contributed by atoms with E-state index in [1.807, 2.05) is 6.07 Å². The summed E-state index contributed by atoms with van der Waals surface area (Å²) in [6, 6.07) is 5.19. The second-order valence-corrected chi connectivity index (χ2v) is 13.0. The maximum Gasteiger partial charge on any atom is 0.319 e. The van der Waals surface area contributed by atoms with E-state index in [4.69, 9.17) is 29.9 Å². The van der Waals surface area contributed by atoms with Gasteiger partial charge in [-0.2, -0.15) is 20.2 Å². The molecule has 2 aliphatic heterocycles. The van der Waals surface area contributed by atoms with Gasteiger partial charge in [0.15, 0.2) is 0 Å². The van der Waals surface area contributed by atoms with E-state index in [0.717, 1.165) is 81.0 Å². The first-order valence-corrected chi connectivity index (χ1v) is 15.5. The van der Waals surface area contributed by atoms with Gasteiger partial charge < -0.3 is 25.2 Å². The van der Waals surface area contributed by atoms with Gasteiger partial charge in [-0.15, -0.1) is 11.3 Å². The Morgan fingerprint density at radius 1 is 1.24 bits per heavy atom. The van der Waals surface area contributed by atoms with Gasteiger partial charge in [-0.25, -0.2) is 0 Å². The van der Waals surface area contributed by atoms with Crippen LogP contribution in [0.5, 0.6) is 6.01 Å². The summed E-state index contributed by atoms with van der Waals surface area (Å²) >= 11 is 1.49. The van der Waals surface area contributed by atoms with Crippen molar-refractivity contribution < 1.29 is 9.26 Å². The number of rotatable bonds is 6. The Morgan fingerprint density at radius 2 is 2.10 bits per heavy atom. The fourth-order valence-corrected chi connectivity index (χ4v) is 7.91. The molecule has 2 fully saturated rings. The number of nitrogens with zero attached hydrogens (tertiary/aromatic N) is 7. The first kappa shape index (κ1) is 27.9. The molecule has 0 aromatic carbocycles. The molecule has 0 bridgehead atoms. The summed E-state index contributed by atoms with van der Waals surface area (Å²) in [4.78, 5) is 20.3. The number of aryl methyl sites for hydroxylation is 1. The van der Waals surface area contributed by atoms with Crippen molar-refractivity contribution in [3.63, 3.8) is 0 Å². The summed E-state index contributed by atoms with van der Waals surface area (Å²) in [5.41, 5.74) is 7.65. The van der Waals surface area contributed by atoms with Gasteiger partial charge in [0, 0.05) is 41.7 Å². The number of likely N-dealkylation sites (tertiary alicyclic amines) is 1. The highest BCUT2D eigenvalue weighted by molar-refractivity contribution is 7.16. The Labute approximate surface area is 245 Å². The molecule has 0 radical (unpaired) electrons. The molecule has 3 N–H and O–H groups in total. The van der Waals surface area contributed by atoms with Crippen molar-refractivity contribution in [2.45, 2.75) is 82.9 Å². The van der Waals surface area contributed by atoms with Crippen LogP contribution in [0.25, 0.3) is 11.5 Å². The van der Waals surface area contributed by atoms with Crippen molar-refractivity contribution in [2.24, 2.45) is 0 Å². The van der Waals surface area contributed by atoms with E-state index in [0.29, 0.717) is 46.1 Å². The smallest absolute Gasteiger partial charge is 0.319 e. The molecule has 5 heterocycles. The van der Waals surface area contributed by atoms with E-state index >= 15 is 0 Å². The number of anilines is 2. The fourth-order valence-electron chi connectivity index (χ4n) is 6.71. The standard InChI is InChI=1S/C29H39N9O2S/c1-17-9-11-32-12-14-38(17)23-15-20(33-28(34-23)39-18(2)21-7-6-13-37(21)4)26-35-27(40-36-26)29(3)10-5-8-22-24(29)19(16-30)25(31)41-22/h15,17-18,21,32H,5-14,31H2,1-4H3/t17-,18-,21-,29-/m0/s1. The van der Waals surface area contributed by atoms with Crippen LogP contribution in [0, 0.1) is 11.3 Å². The summed E-state index contributed by atoms with van der Waals surface area (Å²) in [5, 5.41) is 18.3. The van der Waals surface area contributed by atoms with E-state index in [-0.39, 0.29) is 6.10 Å². The van der Waals surface area contributed by atoms with Gasteiger partial charge >= 0.3 is 6.01 Å². The third-order valence-corrected chi connectivity index (χ3v) is 10.2. The van der Waals surface area contributed by atoms with Crippen molar-refractivity contribution in [1.82, 2.24) is 30.3 Å². The highest BCUT2D eigenvalue weighted by atomic mass is 32.1. The minimum atomic E-state index is -0.597. The minimum Gasteiger partial charge on any atom is -0.459 e. The van der Waals surface area contributed by atoms with Crippen LogP contribution >= 0.6 is 11.3 Å². The van der Waals surface area contributed by atoms with Crippen LogP contribution in [-0.4, -0.2) is 76.4 Å². The van der Waals surface area contributed by atoms with Crippen LogP contribution in [-0.2, 0) is 11.8 Å². The average molecular weight is 578 g/mol. The molecule has 12 heteroatoms. The van der Waals surface area contributed by atoms with Crippen LogP contribution in [0.4, 0.5) is 10.8 Å². The molecule has 6 rings (SSSR count). The van der Waals surface area contributed by atoms with Gasteiger partial charge in [0.2, 0.25) is 11.7 Å². The second-order valence-electron chi connectivity index (χ2n) is 11.8. The molecule has 1 aliphatic carbocycles. The molecule has 218 valence electrons. The molecule has 2 saturated heterocycles. The summed E-state index contributed by atoms with van der Waals surface area (Å²) < 4.78 is 12.3. The molecule has 4 atom stereocenters. The summed E-state index contributed by atoms with van der Waals surface area (Å²) in [6.45, 7) is 10.1. The first-order valence-electron chi connectivity index (χ1n) is 14.7. The SMILES string of the molecule is C[C@H](Oc1nc(-c2noc([C@@]3(C)CCCc4sc(N)c(C#N)c43)n2)cc(N2CCNCC[C@@H]2C)n1)[C@@H]1CCCN1C. The van der Waals surface area contributed by atoms with Gasteiger partial charge in [-0.3, -0.25) is 4.90 Å². The highest BCUT2D eigenvalue weighted by Gasteiger charge is 2.43. The van der Waals surface area contributed by atoms with E-state index in [1.165, 1.54) is 11.3 Å². The second kappa shape index (κ2) is 11.2. The third kappa shape index (κ3) is 5.15. The van der Waals surface area contributed by atoms with E-state index in [1.54, 1.807) is 0 Å². The monoisotopic (exact) mass is 577 g/mol. The van der Waals surface area contributed by atoms with Crippen molar-refractivity contribution in [3.8, 4) is 23.6 Å². The van der Waals surface area contributed by atoms with Gasteiger partial charge in [0.1, 0.15) is 28.7 Å². The van der Waals surface area contributed by atoms with Crippen LogP contribution in [0.2, 0.25) is 0 Å². The largest absolute Gasteiger partial charge is 0.459 e. The lowest BCUT2D eigenvalue weighted by Gasteiger charge is -2.30. The van der Waals surface area contributed by atoms with Crippen molar-refractivity contribution in [2.75, 3.05) is 43.9 Å². The molecule has 11 nitrogen and oxygen atoms in total. The number of ether oxygens (including phenoxy) is 1. The Bertz CT molecular complexity index is 1450. The zero-order valence-corrected chi connectivity index (χ0v) is 25.1. The van der Waals surface area contributed by atoms with Gasteiger partial charge in [-0.05, 0) is 79.4 Å². The van der Waals surface area contributed by atoms with E-state index in [2.05, 4.69) is 54.2 Å². The summed E-state index contributed by atoms with van der Waals surface area (Å²) in [7, 11) is 2.14. The number of hydrogen-bond acceptors (Lipinski definition) is 12. The predicted molar refractivity (Wildman–Crippen MR) is 158 cm³/mol. The number of nitriles is 1. The Kier molecular flexibility index (Phi) is 7.61. The number of hydrogen-bond donors (Lipinski definition) is 2. The van der Waals surface area contributed by atoms with Gasteiger partial charge in [0.05, 0.1) is 11.0 Å². The van der Waals surface area contributed by atoms with Crippen molar-refractivity contribution >= 4 is 22.2 Å². The minimum absolute atomic E-state index is 0.0670. The van der Waals surface area contributed by atoms with E-state index in [9.17, 15) is 5.26 Å². The molecule has 3 aliphatic rings. The number of fused-ring (bicyclic) bond motifs is 1. The Morgan fingerprint density at radius 3 is 2.88 bits per heavy atom. The molecular formula is C29H39N9O2S. The molecule has 3 aromatic rings. The lowest BCUT2D eigenvalue weighted by atomic mass is 9.72. The average Bonchev–Trinajstić information content (AvgIpc) is 3.65. The summed E-state index contributed by atoms with van der Waals surface area (Å²) in [5.74, 6) is 1.65. The summed E-state index contributed by atoms with van der Waals surface area (Å²) in [6.07, 6.45) is 5.84. The topological polar surface area (TPSA) is 142 Å².